The number of para-hydroxylation sites is 1. The Bertz CT molecular complexity index is 844. The van der Waals surface area contributed by atoms with Gasteiger partial charge in [0.2, 0.25) is 5.91 Å². The zero-order chi connectivity index (χ0) is 18.2. The van der Waals surface area contributed by atoms with Crippen LogP contribution in [0.3, 0.4) is 0 Å². The van der Waals surface area contributed by atoms with Crippen LogP contribution in [0, 0.1) is 0 Å². The fourth-order valence-corrected chi connectivity index (χ4v) is 2.33. The van der Waals surface area contributed by atoms with E-state index >= 15 is 0 Å². The minimum atomic E-state index is -0.334. The number of rotatable bonds is 7. The SMILES string of the molecule is O=C(CCNC(=O)c1ccco1)Nc1ccc(Nc2ccccc2)cc1. The number of furan rings is 1. The van der Waals surface area contributed by atoms with Gasteiger partial charge in [0.25, 0.3) is 5.91 Å². The van der Waals surface area contributed by atoms with Crippen LogP contribution in [0.25, 0.3) is 0 Å². The molecule has 0 bridgehead atoms. The third-order valence-corrected chi connectivity index (χ3v) is 3.61. The Kier molecular flexibility index (Phi) is 5.67. The predicted octanol–water partition coefficient (Wildman–Crippen LogP) is 3.78. The number of nitrogens with one attached hydrogen (secondary N) is 3. The second-order valence-corrected chi connectivity index (χ2v) is 5.60. The first-order valence-corrected chi connectivity index (χ1v) is 8.24. The molecule has 3 N–H and O–H groups in total. The highest BCUT2D eigenvalue weighted by Crippen LogP contribution is 2.18. The predicted molar refractivity (Wildman–Crippen MR) is 100 cm³/mol. The lowest BCUT2D eigenvalue weighted by molar-refractivity contribution is -0.116. The molecule has 26 heavy (non-hydrogen) atoms. The first-order chi connectivity index (χ1) is 12.7. The van der Waals surface area contributed by atoms with E-state index in [9.17, 15) is 9.59 Å². The monoisotopic (exact) mass is 349 g/mol. The Hall–Kier alpha value is -3.54. The Morgan fingerprint density at radius 2 is 1.50 bits per heavy atom. The molecule has 0 fully saturated rings. The van der Waals surface area contributed by atoms with Crippen molar-refractivity contribution in [1.29, 1.82) is 0 Å². The summed E-state index contributed by atoms with van der Waals surface area (Å²) < 4.78 is 4.98. The number of carbonyl (C=O) groups is 2. The summed E-state index contributed by atoms with van der Waals surface area (Å²) in [7, 11) is 0. The van der Waals surface area contributed by atoms with Gasteiger partial charge in [0.05, 0.1) is 6.26 Å². The molecule has 0 spiro atoms. The van der Waals surface area contributed by atoms with Gasteiger partial charge >= 0.3 is 0 Å². The number of benzene rings is 2. The molecule has 0 saturated carbocycles. The van der Waals surface area contributed by atoms with Crippen LogP contribution in [0.2, 0.25) is 0 Å². The molecule has 3 aromatic rings. The number of carbonyl (C=O) groups excluding carboxylic acids is 2. The summed E-state index contributed by atoms with van der Waals surface area (Å²) in [5.74, 6) is -0.278. The maximum atomic E-state index is 12.0. The highest BCUT2D eigenvalue weighted by atomic mass is 16.3. The first kappa shape index (κ1) is 17.3. The van der Waals surface area contributed by atoms with Crippen LogP contribution in [-0.2, 0) is 4.79 Å². The van der Waals surface area contributed by atoms with Crippen LogP contribution in [0.15, 0.2) is 77.4 Å². The molecule has 0 aliphatic heterocycles. The van der Waals surface area contributed by atoms with Gasteiger partial charge in [-0.15, -0.1) is 0 Å². The molecule has 0 saturated heterocycles. The van der Waals surface area contributed by atoms with Gasteiger partial charge in [-0.2, -0.15) is 0 Å². The second kappa shape index (κ2) is 8.53. The molecule has 6 nitrogen and oxygen atoms in total. The third kappa shape index (κ3) is 4.98. The lowest BCUT2D eigenvalue weighted by Crippen LogP contribution is -2.27. The molecular weight excluding hydrogens is 330 g/mol. The van der Waals surface area contributed by atoms with Crippen LogP contribution >= 0.6 is 0 Å². The summed E-state index contributed by atoms with van der Waals surface area (Å²) in [6.45, 7) is 0.235. The number of anilines is 3. The molecule has 2 aromatic carbocycles. The molecule has 0 aliphatic rings. The van der Waals surface area contributed by atoms with Crippen molar-refractivity contribution in [3.63, 3.8) is 0 Å². The number of hydrogen-bond acceptors (Lipinski definition) is 4. The molecule has 6 heteroatoms. The highest BCUT2D eigenvalue weighted by molar-refractivity contribution is 5.93. The van der Waals surface area contributed by atoms with E-state index < -0.39 is 0 Å². The first-order valence-electron chi connectivity index (χ1n) is 8.24. The zero-order valence-corrected chi connectivity index (χ0v) is 14.1. The van der Waals surface area contributed by atoms with E-state index in [2.05, 4.69) is 16.0 Å². The van der Waals surface area contributed by atoms with E-state index in [4.69, 9.17) is 4.42 Å². The standard InChI is InChI=1S/C20H19N3O3/c24-19(12-13-21-20(25)18-7-4-14-26-18)23-17-10-8-16(9-11-17)22-15-5-2-1-3-6-15/h1-11,14,22H,12-13H2,(H,21,25)(H,23,24). The summed E-state index contributed by atoms with van der Waals surface area (Å²) in [6, 6.07) is 20.5. The van der Waals surface area contributed by atoms with Crippen LogP contribution in [0.4, 0.5) is 17.1 Å². The maximum absolute atomic E-state index is 12.0. The van der Waals surface area contributed by atoms with E-state index in [1.165, 1.54) is 6.26 Å². The number of amides is 2. The van der Waals surface area contributed by atoms with Gasteiger partial charge in [-0.25, -0.2) is 0 Å². The van der Waals surface area contributed by atoms with E-state index in [-0.39, 0.29) is 30.5 Å². The molecule has 132 valence electrons. The van der Waals surface area contributed by atoms with Gasteiger partial charge in [-0.05, 0) is 48.5 Å². The largest absolute Gasteiger partial charge is 0.459 e. The van der Waals surface area contributed by atoms with Gasteiger partial charge in [0.1, 0.15) is 0 Å². The fourth-order valence-electron chi connectivity index (χ4n) is 2.33. The Balaban J connectivity index is 1.43. The molecule has 0 radical (unpaired) electrons. The van der Waals surface area contributed by atoms with Crippen LogP contribution in [0.1, 0.15) is 17.0 Å². The van der Waals surface area contributed by atoms with Crippen molar-refractivity contribution in [2.75, 3.05) is 17.2 Å². The van der Waals surface area contributed by atoms with E-state index in [0.29, 0.717) is 5.69 Å². The molecular formula is C20H19N3O3. The van der Waals surface area contributed by atoms with Gasteiger partial charge in [0, 0.05) is 30.0 Å². The summed E-state index contributed by atoms with van der Waals surface area (Å²) >= 11 is 0. The average molecular weight is 349 g/mol. The van der Waals surface area contributed by atoms with Crippen molar-refractivity contribution >= 4 is 28.9 Å². The lowest BCUT2D eigenvalue weighted by atomic mass is 10.2. The molecule has 0 unspecified atom stereocenters. The third-order valence-electron chi connectivity index (χ3n) is 3.61. The maximum Gasteiger partial charge on any atom is 0.286 e. The molecule has 1 aromatic heterocycles. The summed E-state index contributed by atoms with van der Waals surface area (Å²) in [4.78, 5) is 23.6. The molecule has 3 rings (SSSR count). The second-order valence-electron chi connectivity index (χ2n) is 5.60. The molecule has 0 aliphatic carbocycles. The smallest absolute Gasteiger partial charge is 0.286 e. The average Bonchev–Trinajstić information content (AvgIpc) is 3.19. The minimum Gasteiger partial charge on any atom is -0.459 e. The normalized spacial score (nSPS) is 10.2. The van der Waals surface area contributed by atoms with Crippen molar-refractivity contribution in [3.05, 3.63) is 78.8 Å². The molecule has 1 heterocycles. The minimum absolute atomic E-state index is 0.173. The number of hydrogen-bond donors (Lipinski definition) is 3. The zero-order valence-electron chi connectivity index (χ0n) is 14.1. The van der Waals surface area contributed by atoms with Crippen molar-refractivity contribution in [2.45, 2.75) is 6.42 Å². The van der Waals surface area contributed by atoms with E-state index in [0.717, 1.165) is 11.4 Å². The van der Waals surface area contributed by atoms with Crippen molar-refractivity contribution in [3.8, 4) is 0 Å². The molecule has 0 atom stereocenters. The summed E-state index contributed by atoms with van der Waals surface area (Å²) in [5, 5.41) is 8.71. The Morgan fingerprint density at radius 3 is 2.19 bits per heavy atom. The van der Waals surface area contributed by atoms with Gasteiger partial charge in [-0.1, -0.05) is 18.2 Å². The van der Waals surface area contributed by atoms with Gasteiger partial charge < -0.3 is 20.4 Å². The quantitative estimate of drug-likeness (QED) is 0.606. The van der Waals surface area contributed by atoms with E-state index in [1.54, 1.807) is 12.1 Å². The van der Waals surface area contributed by atoms with Crippen molar-refractivity contribution < 1.29 is 14.0 Å². The Labute approximate surface area is 151 Å². The van der Waals surface area contributed by atoms with Gasteiger partial charge in [0.15, 0.2) is 5.76 Å². The fraction of sp³-hybridized carbons (Fsp3) is 0.100. The lowest BCUT2D eigenvalue weighted by Gasteiger charge is -2.09. The summed E-state index contributed by atoms with van der Waals surface area (Å²) in [5.41, 5.74) is 2.63. The Morgan fingerprint density at radius 1 is 0.808 bits per heavy atom. The van der Waals surface area contributed by atoms with Crippen molar-refractivity contribution in [2.24, 2.45) is 0 Å². The van der Waals surface area contributed by atoms with Crippen LogP contribution in [0.5, 0.6) is 0 Å². The van der Waals surface area contributed by atoms with Crippen LogP contribution < -0.4 is 16.0 Å². The van der Waals surface area contributed by atoms with E-state index in [1.807, 2.05) is 54.6 Å². The van der Waals surface area contributed by atoms with Crippen LogP contribution in [-0.4, -0.2) is 18.4 Å². The topological polar surface area (TPSA) is 83.4 Å². The molecule has 2 amide bonds. The van der Waals surface area contributed by atoms with Gasteiger partial charge in [-0.3, -0.25) is 9.59 Å². The summed E-state index contributed by atoms with van der Waals surface area (Å²) in [6.07, 6.45) is 1.61. The highest BCUT2D eigenvalue weighted by Gasteiger charge is 2.09. The van der Waals surface area contributed by atoms with Crippen molar-refractivity contribution in [1.82, 2.24) is 5.32 Å².